The van der Waals surface area contributed by atoms with Crippen molar-refractivity contribution in [3.8, 4) is 0 Å². The largest absolute Gasteiger partial charge is 0.314 e. The van der Waals surface area contributed by atoms with Crippen molar-refractivity contribution in [2.75, 3.05) is 7.05 Å². The van der Waals surface area contributed by atoms with Crippen molar-refractivity contribution in [1.29, 1.82) is 0 Å². The molecule has 0 aliphatic heterocycles. The molecule has 0 radical (unpaired) electrons. The fraction of sp³-hybridized carbons (Fsp3) is 0.625. The Morgan fingerprint density at radius 2 is 2.46 bits per heavy atom. The zero-order chi connectivity index (χ0) is 9.68. The molecule has 2 amide bonds. The summed E-state index contributed by atoms with van der Waals surface area (Å²) >= 11 is 0. The molecule has 0 fully saturated rings. The molecule has 1 aliphatic rings. The van der Waals surface area contributed by atoms with Crippen LogP contribution in [0, 0.1) is 0 Å². The van der Waals surface area contributed by atoms with Crippen molar-refractivity contribution in [3.63, 3.8) is 0 Å². The molecule has 70 valence electrons. The second-order valence-electron chi connectivity index (χ2n) is 2.97. The Hall–Kier alpha value is -1.48. The first-order valence-corrected chi connectivity index (χ1v) is 4.27. The summed E-state index contributed by atoms with van der Waals surface area (Å²) in [5.74, 6) is 0. The Balaban J connectivity index is 2.65. The molecule has 0 heterocycles. The normalized spacial score (nSPS) is 15.6. The van der Waals surface area contributed by atoms with Gasteiger partial charge in [0.2, 0.25) is 0 Å². The Bertz CT molecular complexity index is 278. The molecule has 0 bridgehead atoms. The van der Waals surface area contributed by atoms with Crippen molar-refractivity contribution in [2.24, 2.45) is 5.11 Å². The fourth-order valence-corrected chi connectivity index (χ4v) is 1.35. The molecule has 1 aliphatic carbocycles. The number of nitrogens with zero attached hydrogens (tertiary/aromatic N) is 4. The van der Waals surface area contributed by atoms with Gasteiger partial charge in [0.05, 0.1) is 0 Å². The van der Waals surface area contributed by atoms with Gasteiger partial charge in [-0.1, -0.05) is 6.08 Å². The molecule has 0 spiro atoms. The third kappa shape index (κ3) is 2.49. The third-order valence-electron chi connectivity index (χ3n) is 2.12. The monoisotopic (exact) mass is 180 g/mol. The molecule has 1 rings (SSSR count). The Labute approximate surface area is 76.7 Å². The SMILES string of the molecule is CN(C(=O)N=[N+]=[N-])C1=CCCCC1. The second-order valence-corrected chi connectivity index (χ2v) is 2.97. The summed E-state index contributed by atoms with van der Waals surface area (Å²) in [7, 11) is 1.63. The molecule has 5 heteroatoms. The summed E-state index contributed by atoms with van der Waals surface area (Å²) in [6.07, 6.45) is 6.19. The van der Waals surface area contributed by atoms with E-state index in [1.54, 1.807) is 7.05 Å². The van der Waals surface area contributed by atoms with Crippen LogP contribution in [0.3, 0.4) is 0 Å². The molecular formula is C8H12N4O. The first-order chi connectivity index (χ1) is 6.25. The van der Waals surface area contributed by atoms with Crippen LogP contribution in [0.25, 0.3) is 10.4 Å². The number of carbonyl (C=O) groups excluding carboxylic acids is 1. The standard InChI is InChI=1S/C8H12N4O/c1-12(8(13)10-11-9)7-5-3-2-4-6-7/h5H,2-4,6H2,1H3. The van der Waals surface area contributed by atoms with Crippen LogP contribution in [0.5, 0.6) is 0 Å². The van der Waals surface area contributed by atoms with Crippen LogP contribution in [-0.4, -0.2) is 18.0 Å². The van der Waals surface area contributed by atoms with Crippen LogP contribution in [0.4, 0.5) is 4.79 Å². The van der Waals surface area contributed by atoms with Gasteiger partial charge in [-0.2, -0.15) is 0 Å². The van der Waals surface area contributed by atoms with Crippen LogP contribution in [0.15, 0.2) is 16.9 Å². The van der Waals surface area contributed by atoms with Gasteiger partial charge in [-0.3, -0.25) is 4.79 Å². The van der Waals surface area contributed by atoms with Gasteiger partial charge in [0.25, 0.3) is 0 Å². The smallest absolute Gasteiger partial charge is 0.314 e. The Kier molecular flexibility index (Phi) is 3.34. The van der Waals surface area contributed by atoms with Crippen LogP contribution < -0.4 is 0 Å². The lowest BCUT2D eigenvalue weighted by atomic mass is 10.0. The van der Waals surface area contributed by atoms with Gasteiger partial charge in [0.15, 0.2) is 0 Å². The number of allylic oxidation sites excluding steroid dienone is 2. The molecule has 0 aromatic carbocycles. The summed E-state index contributed by atoms with van der Waals surface area (Å²) < 4.78 is 0. The maximum atomic E-state index is 11.1. The number of rotatable bonds is 1. The maximum Gasteiger partial charge on any atom is 0.314 e. The molecule has 0 atom stereocenters. The minimum absolute atomic E-state index is 0.532. The van der Waals surface area contributed by atoms with Crippen LogP contribution in [0.1, 0.15) is 25.7 Å². The molecule has 0 N–H and O–H groups in total. The fourth-order valence-electron chi connectivity index (χ4n) is 1.35. The summed E-state index contributed by atoms with van der Waals surface area (Å²) in [6, 6.07) is -0.532. The molecule has 0 saturated carbocycles. The summed E-state index contributed by atoms with van der Waals surface area (Å²) in [6.45, 7) is 0. The van der Waals surface area contributed by atoms with E-state index in [1.165, 1.54) is 11.3 Å². The zero-order valence-corrected chi connectivity index (χ0v) is 7.60. The van der Waals surface area contributed by atoms with E-state index in [0.717, 1.165) is 25.0 Å². The highest BCUT2D eigenvalue weighted by Crippen LogP contribution is 2.20. The highest BCUT2D eigenvalue weighted by molar-refractivity contribution is 5.76. The van der Waals surface area contributed by atoms with E-state index in [2.05, 4.69) is 10.0 Å². The first kappa shape index (κ1) is 9.61. The molecule has 13 heavy (non-hydrogen) atoms. The van der Waals surface area contributed by atoms with Crippen molar-refractivity contribution in [1.82, 2.24) is 4.90 Å². The van der Waals surface area contributed by atoms with Gasteiger partial charge in [0.1, 0.15) is 0 Å². The highest BCUT2D eigenvalue weighted by Gasteiger charge is 2.13. The van der Waals surface area contributed by atoms with E-state index in [-0.39, 0.29) is 0 Å². The van der Waals surface area contributed by atoms with Crippen molar-refractivity contribution in [3.05, 3.63) is 22.2 Å². The van der Waals surface area contributed by atoms with E-state index in [4.69, 9.17) is 5.53 Å². The molecule has 0 aromatic heterocycles. The zero-order valence-electron chi connectivity index (χ0n) is 7.60. The Morgan fingerprint density at radius 3 is 3.00 bits per heavy atom. The van der Waals surface area contributed by atoms with E-state index in [0.29, 0.717) is 0 Å². The molecule has 0 aromatic rings. The molecule has 5 nitrogen and oxygen atoms in total. The van der Waals surface area contributed by atoms with Gasteiger partial charge >= 0.3 is 6.03 Å². The van der Waals surface area contributed by atoms with Gasteiger partial charge in [-0.25, -0.2) is 0 Å². The Morgan fingerprint density at radius 1 is 1.69 bits per heavy atom. The lowest BCUT2D eigenvalue weighted by molar-refractivity contribution is 0.226. The predicted octanol–water partition coefficient (Wildman–Crippen LogP) is 2.81. The highest BCUT2D eigenvalue weighted by atomic mass is 16.2. The predicted molar refractivity (Wildman–Crippen MR) is 48.9 cm³/mol. The van der Waals surface area contributed by atoms with Crippen LogP contribution in [0.2, 0.25) is 0 Å². The molecular weight excluding hydrogens is 168 g/mol. The molecule has 0 saturated heterocycles. The average Bonchev–Trinajstić information content (AvgIpc) is 2.18. The van der Waals surface area contributed by atoms with Crippen molar-refractivity contribution in [2.45, 2.75) is 25.7 Å². The summed E-state index contributed by atoms with van der Waals surface area (Å²) in [5, 5.41) is 3.03. The summed E-state index contributed by atoms with van der Waals surface area (Å²) in [4.78, 5) is 15.0. The number of amides is 2. The second kappa shape index (κ2) is 4.52. The van der Waals surface area contributed by atoms with E-state index < -0.39 is 6.03 Å². The van der Waals surface area contributed by atoms with Gasteiger partial charge in [0, 0.05) is 22.8 Å². The van der Waals surface area contributed by atoms with Gasteiger partial charge in [-0.05, 0) is 31.2 Å². The maximum absolute atomic E-state index is 11.1. The van der Waals surface area contributed by atoms with Gasteiger partial charge in [-0.15, -0.1) is 0 Å². The van der Waals surface area contributed by atoms with Gasteiger partial charge < -0.3 is 4.90 Å². The number of azide groups is 1. The lowest BCUT2D eigenvalue weighted by Crippen LogP contribution is -2.23. The van der Waals surface area contributed by atoms with E-state index >= 15 is 0 Å². The topological polar surface area (TPSA) is 69.1 Å². The van der Waals surface area contributed by atoms with Crippen molar-refractivity contribution >= 4 is 6.03 Å². The average molecular weight is 180 g/mol. The van der Waals surface area contributed by atoms with Crippen LogP contribution in [-0.2, 0) is 0 Å². The lowest BCUT2D eigenvalue weighted by Gasteiger charge is -2.21. The number of carbonyl (C=O) groups is 1. The summed E-state index contributed by atoms with van der Waals surface area (Å²) in [5.41, 5.74) is 9.04. The number of hydrogen-bond donors (Lipinski definition) is 0. The van der Waals surface area contributed by atoms with E-state index in [9.17, 15) is 4.79 Å². The quantitative estimate of drug-likeness (QED) is 0.347. The van der Waals surface area contributed by atoms with E-state index in [1.807, 2.05) is 6.08 Å². The van der Waals surface area contributed by atoms with Crippen molar-refractivity contribution < 1.29 is 4.79 Å². The minimum atomic E-state index is -0.532. The third-order valence-corrected chi connectivity index (χ3v) is 2.12. The number of urea groups is 1. The number of hydrogen-bond acceptors (Lipinski definition) is 1. The minimum Gasteiger partial charge on any atom is -0.314 e. The van der Waals surface area contributed by atoms with Crippen LogP contribution >= 0.6 is 0 Å². The first-order valence-electron chi connectivity index (χ1n) is 4.27. The molecule has 0 unspecified atom stereocenters.